The molecule has 1 atom stereocenters. The maximum atomic E-state index is 14.0. The molecule has 0 spiro atoms. The molecule has 2 N–H and O–H groups in total. The number of benzene rings is 1. The Hall–Kier alpha value is -1.80. The number of hydrogen-bond donors (Lipinski definition) is 1. The minimum Gasteiger partial charge on any atom is -0.378 e. The molecule has 198 valence electrons. The first-order valence-electron chi connectivity index (χ1n) is 8.46. The maximum absolute atomic E-state index is 14.0. The summed E-state index contributed by atoms with van der Waals surface area (Å²) in [4.78, 5) is 0. The van der Waals surface area contributed by atoms with Crippen LogP contribution in [0.4, 0.5) is 39.5 Å². The summed E-state index contributed by atoms with van der Waals surface area (Å²) in [6.45, 7) is 3.44. The van der Waals surface area contributed by atoms with Gasteiger partial charge < -0.3 is 4.18 Å². The molecule has 0 heterocycles. The summed E-state index contributed by atoms with van der Waals surface area (Å²) >= 11 is 0. The Balaban J connectivity index is 3.42. The summed E-state index contributed by atoms with van der Waals surface area (Å²) in [5.41, 5.74) is -6.09. The van der Waals surface area contributed by atoms with Gasteiger partial charge in [-0.1, -0.05) is 26.0 Å². The Kier molecular flexibility index (Phi) is 8.01. The largest absolute Gasteiger partial charge is 0.550 e. The molecule has 1 rings (SSSR count). The van der Waals surface area contributed by atoms with Crippen LogP contribution < -0.4 is 8.31 Å². The Labute approximate surface area is 187 Å². The van der Waals surface area contributed by atoms with E-state index in [1.54, 1.807) is 13.8 Å². The molecule has 1 unspecified atom stereocenters. The molecular weight excluding hydrogens is 561 g/mol. The van der Waals surface area contributed by atoms with Crippen LogP contribution in [-0.4, -0.2) is 47.2 Å². The molecule has 0 aliphatic heterocycles. The molecule has 0 saturated carbocycles. The number of rotatable bonds is 10. The SMILES string of the molecule is CCC(C)c1ccc(OS(=O)(=O)C(F)(F)C(F)(F)C(F)(F)S(=O)(=O)[NH2+]S(=O)(=O)C(F)(F)F)cc1. The van der Waals surface area contributed by atoms with Gasteiger partial charge in [0.25, 0.3) is 0 Å². The summed E-state index contributed by atoms with van der Waals surface area (Å²) in [7, 11) is -22.0. The fraction of sp³-hybridized carbons (Fsp3) is 0.571. The summed E-state index contributed by atoms with van der Waals surface area (Å²) in [5.74, 6) is -8.73. The molecule has 0 aromatic heterocycles. The van der Waals surface area contributed by atoms with Crippen LogP contribution in [-0.2, 0) is 30.2 Å². The number of sulfonamides is 2. The van der Waals surface area contributed by atoms with E-state index in [-0.39, 0.29) is 5.92 Å². The monoisotopic (exact) mass is 576 g/mol. The van der Waals surface area contributed by atoms with Gasteiger partial charge in [0, 0.05) is 0 Å². The third-order valence-electron chi connectivity index (χ3n) is 4.25. The first kappa shape index (κ1) is 30.2. The number of hydrogen-bond acceptors (Lipinski definition) is 7. The van der Waals surface area contributed by atoms with Crippen molar-refractivity contribution in [2.24, 2.45) is 0 Å². The topological polar surface area (TPSA) is 128 Å². The van der Waals surface area contributed by atoms with E-state index in [0.29, 0.717) is 24.1 Å². The smallest absolute Gasteiger partial charge is 0.378 e. The van der Waals surface area contributed by atoms with Crippen molar-refractivity contribution in [1.29, 1.82) is 0 Å². The lowest BCUT2D eigenvalue weighted by molar-refractivity contribution is -0.351. The van der Waals surface area contributed by atoms with Crippen LogP contribution >= 0.6 is 0 Å². The van der Waals surface area contributed by atoms with E-state index < -0.39 is 62.0 Å². The Morgan fingerprint density at radius 2 is 1.24 bits per heavy atom. The molecule has 0 aliphatic rings. The van der Waals surface area contributed by atoms with Gasteiger partial charge >= 0.3 is 52.1 Å². The zero-order valence-corrected chi connectivity index (χ0v) is 19.1. The van der Waals surface area contributed by atoms with Crippen LogP contribution in [0.25, 0.3) is 0 Å². The van der Waals surface area contributed by atoms with Gasteiger partial charge in [-0.3, -0.25) is 0 Å². The molecule has 34 heavy (non-hydrogen) atoms. The van der Waals surface area contributed by atoms with Crippen LogP contribution in [0, 0.1) is 0 Å². The molecule has 8 nitrogen and oxygen atoms in total. The van der Waals surface area contributed by atoms with Crippen molar-refractivity contribution in [1.82, 2.24) is 0 Å². The number of primary sulfonamides is 2. The number of alkyl halides is 9. The number of quaternary nitrogens is 1. The molecule has 0 aliphatic carbocycles. The van der Waals surface area contributed by atoms with Crippen molar-refractivity contribution < 1.29 is 73.1 Å². The van der Waals surface area contributed by atoms with Crippen molar-refractivity contribution in [2.45, 2.75) is 48.1 Å². The van der Waals surface area contributed by atoms with Gasteiger partial charge in [-0.2, -0.15) is 64.8 Å². The van der Waals surface area contributed by atoms with Gasteiger partial charge in [0.15, 0.2) is 0 Å². The molecule has 1 aromatic rings. The van der Waals surface area contributed by atoms with Gasteiger partial charge in [0.05, 0.1) is 0 Å². The second kappa shape index (κ2) is 9.01. The molecule has 0 fully saturated rings. The van der Waals surface area contributed by atoms with E-state index in [1.807, 2.05) is 0 Å². The van der Waals surface area contributed by atoms with E-state index in [2.05, 4.69) is 4.18 Å². The van der Waals surface area contributed by atoms with Gasteiger partial charge in [-0.25, -0.2) is 0 Å². The molecule has 0 saturated heterocycles. The van der Waals surface area contributed by atoms with Gasteiger partial charge in [0.2, 0.25) is 0 Å². The summed E-state index contributed by atoms with van der Waals surface area (Å²) in [6, 6.07) is 3.61. The predicted molar refractivity (Wildman–Crippen MR) is 95.4 cm³/mol. The highest BCUT2D eigenvalue weighted by molar-refractivity contribution is 7.97. The fourth-order valence-corrected chi connectivity index (χ4v) is 5.77. The fourth-order valence-electron chi connectivity index (χ4n) is 2.05. The molecule has 0 amide bonds. The first-order valence-corrected chi connectivity index (χ1v) is 13.0. The van der Waals surface area contributed by atoms with Crippen LogP contribution in [0.15, 0.2) is 24.3 Å². The Morgan fingerprint density at radius 3 is 1.62 bits per heavy atom. The minimum absolute atomic E-state index is 0.135. The third kappa shape index (κ3) is 5.23. The standard InChI is InChI=1S/C14H14F9NO7S3/c1-3-8(2)9-4-6-10(7-5-9)31-34(29,30)13(19,20)11(15,16)12(17,18)32(25,26)24-33(27,28)14(21,22)23/h4-8,24H,3H2,1-2H3/p+1. The van der Waals surface area contributed by atoms with Crippen LogP contribution in [0.3, 0.4) is 0 Å². The van der Waals surface area contributed by atoms with Crippen LogP contribution in [0.2, 0.25) is 0 Å². The lowest BCUT2D eigenvalue weighted by Gasteiger charge is -2.29. The highest BCUT2D eigenvalue weighted by Crippen LogP contribution is 2.50. The zero-order chi connectivity index (χ0) is 27.2. The molecule has 0 bridgehead atoms. The van der Waals surface area contributed by atoms with Crippen molar-refractivity contribution in [3.05, 3.63) is 29.8 Å². The maximum Gasteiger partial charge on any atom is 0.550 e. The third-order valence-corrected chi connectivity index (χ3v) is 9.19. The van der Waals surface area contributed by atoms with Gasteiger partial charge in [-0.05, 0) is 30.0 Å². The van der Waals surface area contributed by atoms with E-state index in [9.17, 15) is 64.8 Å². The average Bonchev–Trinajstić information content (AvgIpc) is 2.65. The Bertz CT molecular complexity index is 1210. The molecule has 20 heteroatoms. The average molecular weight is 576 g/mol. The van der Waals surface area contributed by atoms with E-state index >= 15 is 0 Å². The number of halogens is 9. The van der Waals surface area contributed by atoms with Gasteiger partial charge in [0.1, 0.15) is 5.75 Å². The molecule has 1 aromatic carbocycles. The first-order chi connectivity index (χ1) is 14.9. The summed E-state index contributed by atoms with van der Waals surface area (Å²) in [5, 5.41) is -14.4. The molecular formula is C14H15F9NO7S3+. The lowest BCUT2D eigenvalue weighted by atomic mass is 9.99. The zero-order valence-electron chi connectivity index (χ0n) is 16.7. The van der Waals surface area contributed by atoms with Crippen molar-refractivity contribution in [2.75, 3.05) is 0 Å². The Morgan fingerprint density at radius 1 is 0.794 bits per heavy atom. The highest BCUT2D eigenvalue weighted by atomic mass is 32.3. The molecule has 0 radical (unpaired) electrons. The predicted octanol–water partition coefficient (Wildman–Crippen LogP) is 2.47. The summed E-state index contributed by atoms with van der Waals surface area (Å²) in [6.07, 6.45) is 0.563. The quantitative estimate of drug-likeness (QED) is 0.335. The summed E-state index contributed by atoms with van der Waals surface area (Å²) < 4.78 is 189. The van der Waals surface area contributed by atoms with E-state index in [1.165, 1.54) is 0 Å². The second-order valence-electron chi connectivity index (χ2n) is 6.66. The van der Waals surface area contributed by atoms with Gasteiger partial charge in [-0.15, -0.1) is 4.13 Å². The van der Waals surface area contributed by atoms with Crippen LogP contribution in [0.5, 0.6) is 5.75 Å². The van der Waals surface area contributed by atoms with E-state index in [4.69, 9.17) is 0 Å². The van der Waals surface area contributed by atoms with Crippen LogP contribution in [0.1, 0.15) is 31.7 Å². The lowest BCUT2D eigenvalue weighted by Crippen LogP contribution is -2.96. The van der Waals surface area contributed by atoms with Crippen molar-refractivity contribution in [3.8, 4) is 5.75 Å². The van der Waals surface area contributed by atoms with Crippen molar-refractivity contribution in [3.63, 3.8) is 0 Å². The number of nitrogens with two attached hydrogens (primary N) is 1. The minimum atomic E-state index is -7.71. The normalized spacial score (nSPS) is 15.7. The second-order valence-corrected chi connectivity index (χ2v) is 12.2. The van der Waals surface area contributed by atoms with E-state index in [0.717, 1.165) is 12.1 Å². The van der Waals surface area contributed by atoms with Crippen molar-refractivity contribution >= 4 is 30.2 Å². The highest BCUT2D eigenvalue weighted by Gasteiger charge is 2.85.